The molecule has 4 heteroatoms. The Morgan fingerprint density at radius 3 is 2.96 bits per heavy atom. The fourth-order valence-electron chi connectivity index (χ4n) is 3.47. The van der Waals surface area contributed by atoms with Crippen LogP contribution in [0.5, 0.6) is 5.75 Å². The Balaban J connectivity index is 1.18. The summed E-state index contributed by atoms with van der Waals surface area (Å²) in [6, 6.07) is 17.2. The number of methoxy groups -OCH3 is 1. The summed E-state index contributed by atoms with van der Waals surface area (Å²) in [4.78, 5) is 2.42. The lowest BCUT2D eigenvalue weighted by molar-refractivity contribution is 0.115. The number of fused-ring (bicyclic) bond motifs is 1. The van der Waals surface area contributed by atoms with Crippen LogP contribution in [0, 0.1) is 0 Å². The minimum absolute atomic E-state index is 0.777. The molecule has 0 saturated heterocycles. The van der Waals surface area contributed by atoms with Gasteiger partial charge in [0.15, 0.2) is 0 Å². The van der Waals surface area contributed by atoms with Crippen molar-refractivity contribution in [1.29, 1.82) is 0 Å². The second-order valence-electron chi connectivity index (χ2n) is 6.85. The highest BCUT2D eigenvalue weighted by Gasteiger charge is 2.15. The van der Waals surface area contributed by atoms with E-state index in [0.29, 0.717) is 0 Å². The van der Waals surface area contributed by atoms with E-state index in [2.05, 4.69) is 52.8 Å². The van der Waals surface area contributed by atoms with Crippen molar-refractivity contribution >= 4 is 27.0 Å². The molecule has 1 aliphatic heterocycles. The van der Waals surface area contributed by atoms with Crippen molar-refractivity contribution in [3.63, 3.8) is 0 Å². The first-order valence-corrected chi connectivity index (χ1v) is 10.3. The van der Waals surface area contributed by atoms with Gasteiger partial charge in [-0.05, 0) is 58.2 Å². The van der Waals surface area contributed by atoms with Crippen molar-refractivity contribution in [3.05, 3.63) is 71.1 Å². The van der Waals surface area contributed by atoms with Gasteiger partial charge < -0.3 is 9.47 Å². The van der Waals surface area contributed by atoms with E-state index in [1.165, 1.54) is 26.8 Å². The molecule has 0 spiro atoms. The number of ether oxygens (including phenoxy) is 2. The highest BCUT2D eigenvalue weighted by molar-refractivity contribution is 7.17. The molecular formula is C23H25NO2S. The fraction of sp³-hybridized carbons (Fsp3) is 0.304. The quantitative estimate of drug-likeness (QED) is 0.521. The van der Waals surface area contributed by atoms with Crippen molar-refractivity contribution in [3.8, 4) is 5.75 Å². The van der Waals surface area contributed by atoms with Crippen LogP contribution in [-0.4, -0.2) is 44.9 Å². The molecule has 0 unspecified atom stereocenters. The fourth-order valence-corrected chi connectivity index (χ4v) is 4.24. The van der Waals surface area contributed by atoms with E-state index in [0.717, 1.165) is 45.0 Å². The maximum Gasteiger partial charge on any atom is 0.119 e. The van der Waals surface area contributed by atoms with Crippen molar-refractivity contribution in [2.75, 3.05) is 40.0 Å². The summed E-state index contributed by atoms with van der Waals surface area (Å²) in [5.74, 6) is 0.913. The molecule has 0 fully saturated rings. The van der Waals surface area contributed by atoms with Crippen LogP contribution in [0.15, 0.2) is 60.0 Å². The van der Waals surface area contributed by atoms with Gasteiger partial charge in [0.25, 0.3) is 0 Å². The zero-order valence-corrected chi connectivity index (χ0v) is 16.5. The Kier molecular flexibility index (Phi) is 5.87. The monoisotopic (exact) mass is 379 g/mol. The average Bonchev–Trinajstić information content (AvgIpc) is 3.37. The van der Waals surface area contributed by atoms with Crippen LogP contribution >= 0.6 is 11.3 Å². The SMILES string of the molecule is COc1cccc(C2=CCN(CCOCCc3ccc4sccc4c3)C2)c1. The summed E-state index contributed by atoms with van der Waals surface area (Å²) in [6.07, 6.45) is 3.28. The summed E-state index contributed by atoms with van der Waals surface area (Å²) < 4.78 is 12.6. The molecule has 0 radical (unpaired) electrons. The van der Waals surface area contributed by atoms with E-state index < -0.39 is 0 Å². The standard InChI is InChI=1S/C23H25NO2S/c1-25-22-4-2-3-19(16-22)21-7-10-24(17-21)11-13-26-12-8-18-5-6-23-20(15-18)9-14-27-23/h2-7,9,14-16H,8,10-13,17H2,1H3. The van der Waals surface area contributed by atoms with Gasteiger partial charge in [0.1, 0.15) is 5.75 Å². The number of rotatable bonds is 8. The molecule has 2 heterocycles. The summed E-state index contributed by atoms with van der Waals surface area (Å²) in [5.41, 5.74) is 3.98. The molecule has 2 aromatic carbocycles. The molecule has 3 nitrogen and oxygen atoms in total. The zero-order valence-electron chi connectivity index (χ0n) is 15.7. The predicted octanol–water partition coefficient (Wildman–Crippen LogP) is 4.87. The number of nitrogens with zero attached hydrogens (tertiary/aromatic N) is 1. The molecule has 0 amide bonds. The zero-order chi connectivity index (χ0) is 18.5. The Bertz CT molecular complexity index is 931. The maximum absolute atomic E-state index is 5.89. The number of thiophene rings is 1. The van der Waals surface area contributed by atoms with Gasteiger partial charge in [-0.1, -0.05) is 30.3 Å². The van der Waals surface area contributed by atoms with Crippen molar-refractivity contribution in [2.24, 2.45) is 0 Å². The summed E-state index contributed by atoms with van der Waals surface area (Å²) >= 11 is 1.79. The highest BCUT2D eigenvalue weighted by atomic mass is 32.1. The lowest BCUT2D eigenvalue weighted by atomic mass is 10.1. The first kappa shape index (κ1) is 18.2. The first-order valence-electron chi connectivity index (χ1n) is 9.41. The highest BCUT2D eigenvalue weighted by Crippen LogP contribution is 2.24. The van der Waals surface area contributed by atoms with Gasteiger partial charge in [-0.25, -0.2) is 0 Å². The average molecular weight is 380 g/mol. The van der Waals surface area contributed by atoms with Crippen LogP contribution in [0.3, 0.4) is 0 Å². The molecule has 1 aromatic heterocycles. The Hall–Kier alpha value is -2.14. The molecule has 0 N–H and O–H groups in total. The number of hydrogen-bond donors (Lipinski definition) is 0. The largest absolute Gasteiger partial charge is 0.497 e. The third-order valence-corrected chi connectivity index (χ3v) is 5.93. The minimum atomic E-state index is 0.777. The van der Waals surface area contributed by atoms with Crippen molar-refractivity contribution < 1.29 is 9.47 Å². The third-order valence-electron chi connectivity index (χ3n) is 5.03. The molecule has 0 bridgehead atoms. The molecule has 3 aromatic rings. The van der Waals surface area contributed by atoms with E-state index in [-0.39, 0.29) is 0 Å². The molecule has 0 saturated carbocycles. The van der Waals surface area contributed by atoms with Crippen molar-refractivity contribution in [1.82, 2.24) is 4.90 Å². The first-order chi connectivity index (χ1) is 13.3. The van der Waals surface area contributed by atoms with Gasteiger partial charge in [0.05, 0.1) is 20.3 Å². The molecule has 0 atom stereocenters. The van der Waals surface area contributed by atoms with E-state index in [1.807, 2.05) is 12.1 Å². The Morgan fingerprint density at radius 2 is 2.04 bits per heavy atom. The molecule has 4 rings (SSSR count). The van der Waals surface area contributed by atoms with Crippen LogP contribution in [0.25, 0.3) is 15.7 Å². The minimum Gasteiger partial charge on any atom is -0.497 e. The maximum atomic E-state index is 5.89. The predicted molar refractivity (Wildman–Crippen MR) is 114 cm³/mol. The Morgan fingerprint density at radius 1 is 1.07 bits per heavy atom. The third kappa shape index (κ3) is 4.59. The second-order valence-corrected chi connectivity index (χ2v) is 7.80. The van der Waals surface area contributed by atoms with Crippen LogP contribution in [-0.2, 0) is 11.2 Å². The number of hydrogen-bond acceptors (Lipinski definition) is 4. The lowest BCUT2D eigenvalue weighted by Gasteiger charge is -2.16. The topological polar surface area (TPSA) is 21.7 Å². The normalized spacial score (nSPS) is 14.6. The van der Waals surface area contributed by atoms with Crippen molar-refractivity contribution in [2.45, 2.75) is 6.42 Å². The molecular weight excluding hydrogens is 354 g/mol. The summed E-state index contributed by atoms with van der Waals surface area (Å²) in [7, 11) is 1.71. The molecule has 140 valence electrons. The van der Waals surface area contributed by atoms with Crippen LogP contribution in [0.1, 0.15) is 11.1 Å². The summed E-state index contributed by atoms with van der Waals surface area (Å²) in [5, 5.41) is 3.49. The van der Waals surface area contributed by atoms with E-state index in [1.54, 1.807) is 18.4 Å². The van der Waals surface area contributed by atoms with Crippen LogP contribution in [0.2, 0.25) is 0 Å². The van der Waals surface area contributed by atoms with Gasteiger partial charge >= 0.3 is 0 Å². The van der Waals surface area contributed by atoms with Crippen LogP contribution < -0.4 is 4.74 Å². The molecule has 27 heavy (non-hydrogen) atoms. The van der Waals surface area contributed by atoms with E-state index in [4.69, 9.17) is 9.47 Å². The van der Waals surface area contributed by atoms with Crippen LogP contribution in [0.4, 0.5) is 0 Å². The second kappa shape index (κ2) is 8.70. The molecule has 0 aliphatic carbocycles. The summed E-state index contributed by atoms with van der Waals surface area (Å²) in [6.45, 7) is 4.49. The van der Waals surface area contributed by atoms with E-state index in [9.17, 15) is 0 Å². The lowest BCUT2D eigenvalue weighted by Crippen LogP contribution is -2.25. The number of benzene rings is 2. The van der Waals surface area contributed by atoms with Gasteiger partial charge in [-0.15, -0.1) is 11.3 Å². The van der Waals surface area contributed by atoms with Gasteiger partial charge in [0.2, 0.25) is 0 Å². The van der Waals surface area contributed by atoms with Gasteiger partial charge in [-0.2, -0.15) is 0 Å². The van der Waals surface area contributed by atoms with Gasteiger partial charge in [-0.3, -0.25) is 4.90 Å². The van der Waals surface area contributed by atoms with Gasteiger partial charge in [0, 0.05) is 24.3 Å². The Labute approximate surface area is 164 Å². The van der Waals surface area contributed by atoms with E-state index >= 15 is 0 Å². The molecule has 1 aliphatic rings. The smallest absolute Gasteiger partial charge is 0.119 e.